The minimum Gasteiger partial charge on any atom is -0.375 e. The van der Waals surface area contributed by atoms with E-state index in [0.717, 1.165) is 55.1 Å². The number of aliphatic imine (C=N–C) groups is 1. The molecule has 2 aromatic carbocycles. The van der Waals surface area contributed by atoms with E-state index in [1.165, 1.54) is 46.7 Å². The molecular weight excluding hydrogens is 677 g/mol. The maximum Gasteiger partial charge on any atom is 0.205 e. The summed E-state index contributed by atoms with van der Waals surface area (Å²) in [5, 5.41) is 0. The van der Waals surface area contributed by atoms with Gasteiger partial charge in [0.25, 0.3) is 0 Å². The van der Waals surface area contributed by atoms with Crippen LogP contribution in [0.3, 0.4) is 0 Å². The zero-order valence-corrected chi connectivity index (χ0v) is 34.8. The highest BCUT2D eigenvalue weighted by atomic mass is 33.1. The molecule has 3 aromatic rings. The SMILES string of the molecule is CC(/C=C/c1ccc(N(C)CCC[N+](C)(C)C)cc1)=C\C=C/C=NCCSSCC[n+]1ccccc1/C=C/c1ccc(N(C)CCCN(C)C)cc1. The van der Waals surface area contributed by atoms with Crippen LogP contribution in [-0.2, 0) is 6.54 Å². The van der Waals surface area contributed by atoms with E-state index in [9.17, 15) is 0 Å². The Labute approximate surface area is 324 Å². The molecule has 0 fully saturated rings. The molecule has 0 aliphatic rings. The fourth-order valence-electron chi connectivity index (χ4n) is 5.39. The largest absolute Gasteiger partial charge is 0.375 e. The van der Waals surface area contributed by atoms with Crippen molar-refractivity contribution in [2.45, 2.75) is 26.3 Å². The van der Waals surface area contributed by atoms with Gasteiger partial charge in [-0.25, -0.2) is 0 Å². The van der Waals surface area contributed by atoms with E-state index < -0.39 is 0 Å². The Morgan fingerprint density at radius 3 is 2.02 bits per heavy atom. The molecule has 0 aliphatic heterocycles. The molecule has 0 amide bonds. The topological polar surface area (TPSA) is 26.0 Å². The van der Waals surface area contributed by atoms with Crippen molar-refractivity contribution in [2.24, 2.45) is 4.99 Å². The average Bonchev–Trinajstić information content (AvgIpc) is 3.12. The molecule has 8 heteroatoms. The summed E-state index contributed by atoms with van der Waals surface area (Å²) in [6.45, 7) is 8.34. The molecule has 0 saturated heterocycles. The zero-order chi connectivity index (χ0) is 37.6. The maximum absolute atomic E-state index is 4.56. The van der Waals surface area contributed by atoms with Gasteiger partial charge in [0.1, 0.15) is 0 Å². The van der Waals surface area contributed by atoms with Crippen LogP contribution in [0.5, 0.6) is 0 Å². The van der Waals surface area contributed by atoms with Crippen LogP contribution in [0.4, 0.5) is 11.4 Å². The molecule has 3 rings (SSSR count). The summed E-state index contributed by atoms with van der Waals surface area (Å²) in [6, 6.07) is 24.1. The van der Waals surface area contributed by atoms with Gasteiger partial charge in [-0.3, -0.25) is 4.99 Å². The van der Waals surface area contributed by atoms with E-state index in [4.69, 9.17) is 0 Å². The predicted octanol–water partition coefficient (Wildman–Crippen LogP) is 8.73. The third-order valence-corrected chi connectivity index (χ3v) is 10.9. The van der Waals surface area contributed by atoms with Crippen LogP contribution in [0, 0.1) is 0 Å². The Bertz CT molecular complexity index is 1580. The Balaban J connectivity index is 1.31. The fraction of sp³-hybridized carbons (Fsp3) is 0.409. The number of allylic oxidation sites excluding steroid dienone is 5. The van der Waals surface area contributed by atoms with E-state index in [1.54, 1.807) is 0 Å². The summed E-state index contributed by atoms with van der Waals surface area (Å²) in [5.74, 6) is 2.05. The van der Waals surface area contributed by atoms with Crippen LogP contribution in [0.15, 0.2) is 108 Å². The number of quaternary nitrogens is 1. The Morgan fingerprint density at radius 1 is 0.731 bits per heavy atom. The van der Waals surface area contributed by atoms with Gasteiger partial charge in [0.2, 0.25) is 5.69 Å². The number of hydrogen-bond donors (Lipinski definition) is 0. The molecule has 0 spiro atoms. The summed E-state index contributed by atoms with van der Waals surface area (Å²) in [6.07, 6.45) is 21.4. The maximum atomic E-state index is 4.56. The lowest BCUT2D eigenvalue weighted by molar-refractivity contribution is -0.870. The van der Waals surface area contributed by atoms with Gasteiger partial charge in [0, 0.05) is 81.7 Å². The molecule has 52 heavy (non-hydrogen) atoms. The van der Waals surface area contributed by atoms with Crippen LogP contribution in [-0.4, -0.2) is 109 Å². The summed E-state index contributed by atoms with van der Waals surface area (Å²) in [5.41, 5.74) is 7.37. The highest BCUT2D eigenvalue weighted by molar-refractivity contribution is 8.76. The molecule has 6 nitrogen and oxygen atoms in total. The second kappa shape index (κ2) is 23.9. The van der Waals surface area contributed by atoms with Gasteiger partial charge in [-0.15, -0.1) is 0 Å². The number of pyridine rings is 1. The molecule has 0 atom stereocenters. The van der Waals surface area contributed by atoms with Crippen LogP contribution >= 0.6 is 21.6 Å². The number of anilines is 2. The predicted molar refractivity (Wildman–Crippen MR) is 236 cm³/mol. The molecule has 1 heterocycles. The Kier molecular flexibility index (Phi) is 19.7. The fourth-order valence-corrected chi connectivity index (χ4v) is 7.23. The standard InChI is InChI=1S/C44H64N6S2/c1-39(17-18-40-19-24-43(25-20-40)48(5)33-14-36-50(6,7)8)15-9-11-29-45-30-37-51-52-38-35-49-34-12-10-16-44(49)28-23-41-21-26-42(27-22-41)47(4)32-13-31-46(2)3/h9-12,15-29,34H,13-14,30-33,35-38H2,1-8H3/q+2/b11-9-,18-17+,39-15+,45-29?. The lowest BCUT2D eigenvalue weighted by Gasteiger charge is -2.26. The smallest absolute Gasteiger partial charge is 0.205 e. The molecule has 1 aromatic heterocycles. The normalized spacial score (nSPS) is 12.8. The van der Waals surface area contributed by atoms with Crippen molar-refractivity contribution in [1.29, 1.82) is 0 Å². The van der Waals surface area contributed by atoms with E-state index in [0.29, 0.717) is 0 Å². The number of hydrogen-bond acceptors (Lipinski definition) is 6. The minimum absolute atomic E-state index is 0.822. The first-order valence-electron chi connectivity index (χ1n) is 18.5. The molecule has 280 valence electrons. The van der Waals surface area contributed by atoms with Crippen molar-refractivity contribution in [3.05, 3.63) is 120 Å². The van der Waals surface area contributed by atoms with Crippen LogP contribution in [0.25, 0.3) is 18.2 Å². The quantitative estimate of drug-likeness (QED) is 0.0242. The highest BCUT2D eigenvalue weighted by Crippen LogP contribution is 2.21. The lowest BCUT2D eigenvalue weighted by Crippen LogP contribution is -2.37. The molecule has 0 unspecified atom stereocenters. The van der Waals surface area contributed by atoms with Crippen molar-refractivity contribution >= 4 is 57.4 Å². The van der Waals surface area contributed by atoms with Crippen molar-refractivity contribution in [2.75, 3.05) is 103 Å². The first-order valence-corrected chi connectivity index (χ1v) is 21.0. The van der Waals surface area contributed by atoms with Gasteiger partial charge >= 0.3 is 0 Å². The first-order chi connectivity index (χ1) is 25.0. The van der Waals surface area contributed by atoms with Gasteiger partial charge in [0.05, 0.1) is 33.4 Å². The number of rotatable bonds is 23. The lowest BCUT2D eigenvalue weighted by atomic mass is 10.1. The monoisotopic (exact) mass is 740 g/mol. The molecule has 0 bridgehead atoms. The van der Waals surface area contributed by atoms with Crippen molar-refractivity contribution in [3.8, 4) is 0 Å². The second-order valence-corrected chi connectivity index (χ2v) is 17.2. The Morgan fingerprint density at radius 2 is 1.37 bits per heavy atom. The average molecular weight is 741 g/mol. The Hall–Kier alpha value is -3.56. The second-order valence-electron chi connectivity index (χ2n) is 14.5. The molecule has 0 saturated carbocycles. The van der Waals surface area contributed by atoms with Crippen molar-refractivity contribution in [3.63, 3.8) is 0 Å². The van der Waals surface area contributed by atoms with Crippen LogP contribution in [0.2, 0.25) is 0 Å². The molecular formula is C44H64N6S2+2. The van der Waals surface area contributed by atoms with Crippen LogP contribution in [0.1, 0.15) is 36.6 Å². The van der Waals surface area contributed by atoms with Gasteiger partial charge in [0.15, 0.2) is 12.7 Å². The van der Waals surface area contributed by atoms with E-state index in [1.807, 2.05) is 33.9 Å². The van der Waals surface area contributed by atoms with E-state index in [2.05, 4.69) is 190 Å². The number of aryl methyl sites for hydroxylation is 1. The number of nitrogens with zero attached hydrogens (tertiary/aromatic N) is 6. The zero-order valence-electron chi connectivity index (χ0n) is 33.1. The molecule has 0 radical (unpaired) electrons. The highest BCUT2D eigenvalue weighted by Gasteiger charge is 2.09. The first kappa shape index (κ1) is 42.8. The van der Waals surface area contributed by atoms with Gasteiger partial charge in [-0.1, -0.05) is 75.7 Å². The number of benzene rings is 2. The van der Waals surface area contributed by atoms with Crippen LogP contribution < -0.4 is 14.4 Å². The summed E-state index contributed by atoms with van der Waals surface area (Å²) in [7, 11) is 19.2. The number of aromatic nitrogens is 1. The molecule has 0 N–H and O–H groups in total. The van der Waals surface area contributed by atoms with Gasteiger partial charge < -0.3 is 19.2 Å². The third-order valence-electron chi connectivity index (χ3n) is 8.51. The van der Waals surface area contributed by atoms with Crippen molar-refractivity contribution in [1.82, 2.24) is 4.90 Å². The minimum atomic E-state index is 0.822. The molecule has 0 aliphatic carbocycles. The van der Waals surface area contributed by atoms with E-state index in [-0.39, 0.29) is 0 Å². The van der Waals surface area contributed by atoms with E-state index >= 15 is 0 Å². The van der Waals surface area contributed by atoms with Crippen molar-refractivity contribution < 1.29 is 9.05 Å². The summed E-state index contributed by atoms with van der Waals surface area (Å²) < 4.78 is 3.34. The van der Waals surface area contributed by atoms with Gasteiger partial charge in [-0.2, -0.15) is 4.57 Å². The third kappa shape index (κ3) is 18.3. The van der Waals surface area contributed by atoms with Gasteiger partial charge in [-0.05, 0) is 87.6 Å². The summed E-state index contributed by atoms with van der Waals surface area (Å²) >= 11 is 0. The summed E-state index contributed by atoms with van der Waals surface area (Å²) in [4.78, 5) is 11.5.